The molecular formula is C21H16ClF7N6O2. The van der Waals surface area contributed by atoms with E-state index in [2.05, 4.69) is 15.4 Å². The molecule has 16 heteroatoms. The van der Waals surface area contributed by atoms with Gasteiger partial charge < -0.3 is 16.0 Å². The van der Waals surface area contributed by atoms with Gasteiger partial charge in [-0.3, -0.25) is 9.59 Å². The molecule has 1 aromatic carbocycles. The number of carbonyl (C=O) groups is 2. The van der Waals surface area contributed by atoms with Gasteiger partial charge in [0, 0.05) is 12.1 Å². The molecule has 0 bridgehead atoms. The summed E-state index contributed by atoms with van der Waals surface area (Å²) in [5.41, 5.74) is 3.74. The number of carbonyl (C=O) groups excluding carboxylic acids is 2. The Morgan fingerprint density at radius 1 is 1.14 bits per heavy atom. The molecule has 1 aliphatic rings. The van der Waals surface area contributed by atoms with E-state index in [1.54, 1.807) is 0 Å². The molecule has 198 valence electrons. The standard InChI is InChI=1S/C21H16ClF7N6O2/c22-12-2-1-9(15-4-11(21(27,28)29)17-18(30)31-8-32-35(15)17)3-10(12)19(37)33-14-7-34(6-13(14)23)16(36)5-20(24,25)26/h1-4,8,13-14H,5-7H2,(H,33,37)(H2,30,31,32)/t13-,14+/m0/s1. The fraction of sp³-hybridized carbons (Fsp3) is 0.333. The van der Waals surface area contributed by atoms with Crippen molar-refractivity contribution < 1.29 is 40.3 Å². The van der Waals surface area contributed by atoms with Gasteiger partial charge in [0.15, 0.2) is 5.82 Å². The molecule has 0 saturated carbocycles. The number of nitrogens with one attached hydrogen (secondary N) is 1. The van der Waals surface area contributed by atoms with Gasteiger partial charge in [0.1, 0.15) is 24.4 Å². The highest BCUT2D eigenvalue weighted by molar-refractivity contribution is 6.34. The first-order valence-corrected chi connectivity index (χ1v) is 10.8. The molecule has 2 aromatic heterocycles. The van der Waals surface area contributed by atoms with Crippen molar-refractivity contribution in [3.63, 3.8) is 0 Å². The number of hydrogen-bond donors (Lipinski definition) is 2. The Labute approximate surface area is 208 Å². The predicted octanol–water partition coefficient (Wildman–Crippen LogP) is 3.88. The van der Waals surface area contributed by atoms with Crippen LogP contribution in [0.4, 0.5) is 36.6 Å². The summed E-state index contributed by atoms with van der Waals surface area (Å²) in [5.74, 6) is -2.72. The van der Waals surface area contributed by atoms with Crippen LogP contribution in [0.5, 0.6) is 0 Å². The van der Waals surface area contributed by atoms with Crippen LogP contribution in [0, 0.1) is 0 Å². The monoisotopic (exact) mass is 552 g/mol. The molecule has 0 aliphatic carbocycles. The van der Waals surface area contributed by atoms with Crippen molar-refractivity contribution in [3.05, 3.63) is 46.7 Å². The summed E-state index contributed by atoms with van der Waals surface area (Å²) in [7, 11) is 0. The maximum Gasteiger partial charge on any atom is 0.418 e. The molecule has 0 spiro atoms. The number of alkyl halides is 7. The number of fused-ring (bicyclic) bond motifs is 1. The highest BCUT2D eigenvalue weighted by Crippen LogP contribution is 2.39. The van der Waals surface area contributed by atoms with E-state index >= 15 is 0 Å². The zero-order valence-corrected chi connectivity index (χ0v) is 19.1. The Kier molecular flexibility index (Phi) is 6.69. The van der Waals surface area contributed by atoms with Crippen LogP contribution in [0.3, 0.4) is 0 Å². The second-order valence-corrected chi connectivity index (χ2v) is 8.64. The van der Waals surface area contributed by atoms with E-state index in [1.807, 2.05) is 0 Å². The van der Waals surface area contributed by atoms with Crippen LogP contribution in [0.1, 0.15) is 22.3 Å². The molecule has 0 unspecified atom stereocenters. The Balaban J connectivity index is 1.62. The zero-order chi connectivity index (χ0) is 27.3. The lowest BCUT2D eigenvalue weighted by molar-refractivity contribution is -0.160. The van der Waals surface area contributed by atoms with E-state index < -0.39 is 72.8 Å². The smallest absolute Gasteiger partial charge is 0.382 e. The van der Waals surface area contributed by atoms with Gasteiger partial charge in [0.25, 0.3) is 5.91 Å². The summed E-state index contributed by atoms with van der Waals surface area (Å²) >= 11 is 6.10. The van der Waals surface area contributed by atoms with E-state index in [1.165, 1.54) is 12.1 Å². The van der Waals surface area contributed by atoms with Crippen molar-refractivity contribution in [1.82, 2.24) is 24.8 Å². The lowest BCUT2D eigenvalue weighted by Gasteiger charge is -2.18. The first kappa shape index (κ1) is 26.4. The van der Waals surface area contributed by atoms with Gasteiger partial charge in [-0.15, -0.1) is 0 Å². The van der Waals surface area contributed by atoms with E-state index in [0.717, 1.165) is 23.0 Å². The molecule has 0 radical (unpaired) electrons. The van der Waals surface area contributed by atoms with E-state index in [4.69, 9.17) is 17.3 Å². The molecule has 1 fully saturated rings. The quantitative estimate of drug-likeness (QED) is 0.478. The van der Waals surface area contributed by atoms with Crippen LogP contribution < -0.4 is 11.1 Å². The Bertz CT molecular complexity index is 1370. The molecule has 3 heterocycles. The van der Waals surface area contributed by atoms with Crippen LogP contribution in [-0.2, 0) is 11.0 Å². The number of halogens is 8. The fourth-order valence-corrected chi connectivity index (χ4v) is 4.18. The second-order valence-electron chi connectivity index (χ2n) is 8.23. The van der Waals surface area contributed by atoms with E-state index in [-0.39, 0.29) is 21.8 Å². The lowest BCUT2D eigenvalue weighted by atomic mass is 10.1. The van der Waals surface area contributed by atoms with E-state index in [9.17, 15) is 40.3 Å². The second kappa shape index (κ2) is 9.36. The molecule has 4 rings (SSSR count). The number of anilines is 1. The zero-order valence-electron chi connectivity index (χ0n) is 18.4. The molecule has 1 aliphatic heterocycles. The Morgan fingerprint density at radius 2 is 1.84 bits per heavy atom. The number of aromatic nitrogens is 3. The third kappa shape index (κ3) is 5.40. The number of nitrogens with zero attached hydrogens (tertiary/aromatic N) is 4. The van der Waals surface area contributed by atoms with Gasteiger partial charge >= 0.3 is 12.4 Å². The Morgan fingerprint density at radius 3 is 2.49 bits per heavy atom. The minimum atomic E-state index is -4.80. The predicted molar refractivity (Wildman–Crippen MR) is 116 cm³/mol. The largest absolute Gasteiger partial charge is 0.418 e. The highest BCUT2D eigenvalue weighted by Gasteiger charge is 2.41. The van der Waals surface area contributed by atoms with Crippen molar-refractivity contribution >= 4 is 34.7 Å². The molecule has 3 N–H and O–H groups in total. The molecule has 8 nitrogen and oxygen atoms in total. The molecule has 2 amide bonds. The number of hydrogen-bond acceptors (Lipinski definition) is 5. The SMILES string of the molecule is Nc1ncnn2c(-c3ccc(Cl)c(C(=O)N[C@@H]4CN(C(=O)CC(F)(F)F)C[C@@H]4F)c3)cc(C(F)(F)F)c12. The van der Waals surface area contributed by atoms with Crippen LogP contribution in [0.25, 0.3) is 16.8 Å². The molecule has 1 saturated heterocycles. The highest BCUT2D eigenvalue weighted by atomic mass is 35.5. The third-order valence-corrected chi connectivity index (χ3v) is 5.99. The normalized spacial score (nSPS) is 18.4. The summed E-state index contributed by atoms with van der Waals surface area (Å²) in [5, 5.41) is 5.97. The lowest BCUT2D eigenvalue weighted by Crippen LogP contribution is -2.42. The average molecular weight is 553 g/mol. The summed E-state index contributed by atoms with van der Waals surface area (Å²) in [6, 6.07) is 3.13. The number of amides is 2. The number of nitrogen functional groups attached to an aromatic ring is 1. The Hall–Kier alpha value is -3.62. The van der Waals surface area contributed by atoms with Crippen molar-refractivity contribution in [2.24, 2.45) is 0 Å². The van der Waals surface area contributed by atoms with Crippen LogP contribution >= 0.6 is 11.6 Å². The van der Waals surface area contributed by atoms with E-state index in [0.29, 0.717) is 4.90 Å². The van der Waals surface area contributed by atoms with Crippen molar-refractivity contribution in [1.29, 1.82) is 0 Å². The van der Waals surface area contributed by atoms with Crippen LogP contribution in [0.2, 0.25) is 5.02 Å². The number of rotatable bonds is 4. The topological polar surface area (TPSA) is 106 Å². The van der Waals surface area contributed by atoms with Crippen molar-refractivity contribution in [2.75, 3.05) is 18.8 Å². The molecule has 3 aromatic rings. The van der Waals surface area contributed by atoms with Gasteiger partial charge in [-0.05, 0) is 18.2 Å². The number of likely N-dealkylation sites (tertiary alicyclic amines) is 1. The molecule has 2 atom stereocenters. The van der Waals surface area contributed by atoms with Crippen molar-refractivity contribution in [3.8, 4) is 11.3 Å². The maximum absolute atomic E-state index is 14.4. The minimum Gasteiger partial charge on any atom is -0.382 e. The maximum atomic E-state index is 14.4. The van der Waals surface area contributed by atoms with Crippen molar-refractivity contribution in [2.45, 2.75) is 31.0 Å². The number of benzene rings is 1. The summed E-state index contributed by atoms with van der Waals surface area (Å²) in [4.78, 5) is 28.9. The van der Waals surface area contributed by atoms with Gasteiger partial charge in [0.05, 0.1) is 34.4 Å². The van der Waals surface area contributed by atoms with Gasteiger partial charge in [-0.25, -0.2) is 13.9 Å². The van der Waals surface area contributed by atoms with Gasteiger partial charge in [-0.1, -0.05) is 17.7 Å². The van der Waals surface area contributed by atoms with Crippen LogP contribution in [-0.4, -0.2) is 62.8 Å². The molecule has 37 heavy (non-hydrogen) atoms. The fourth-order valence-electron chi connectivity index (χ4n) is 3.98. The first-order chi connectivity index (χ1) is 17.2. The minimum absolute atomic E-state index is 0.0725. The summed E-state index contributed by atoms with van der Waals surface area (Å²) in [6.07, 6.45) is -12.3. The number of nitrogens with two attached hydrogens (primary N) is 1. The van der Waals surface area contributed by atoms with Gasteiger partial charge in [-0.2, -0.15) is 31.4 Å². The van der Waals surface area contributed by atoms with Gasteiger partial charge in [0.2, 0.25) is 5.91 Å². The van der Waals surface area contributed by atoms with Crippen LogP contribution in [0.15, 0.2) is 30.6 Å². The summed E-state index contributed by atoms with van der Waals surface area (Å²) in [6.45, 7) is -1.15. The first-order valence-electron chi connectivity index (χ1n) is 10.4. The summed E-state index contributed by atoms with van der Waals surface area (Å²) < 4.78 is 93.6. The average Bonchev–Trinajstić information content (AvgIpc) is 3.35. The third-order valence-electron chi connectivity index (χ3n) is 5.66. The molecular weight excluding hydrogens is 537 g/mol.